The molecule has 0 fully saturated rings. The number of nitrogens with two attached hydrogens (primary N) is 4. The van der Waals surface area contributed by atoms with E-state index in [0.29, 0.717) is 20.0 Å². The quantitative estimate of drug-likeness (QED) is 0.112. The van der Waals surface area contributed by atoms with Crippen molar-refractivity contribution in [1.82, 2.24) is 20.0 Å². The molecule has 0 aromatic heterocycles. The molecule has 0 saturated carbocycles. The summed E-state index contributed by atoms with van der Waals surface area (Å²) in [6.45, 7) is 13.5. The predicted molar refractivity (Wildman–Crippen MR) is 109 cm³/mol. The summed E-state index contributed by atoms with van der Waals surface area (Å²) in [5, 5.41) is 41.1. The number of carbonyl (C=O) groups excluding carboxylic acids is 4. The molecule has 0 aliphatic rings. The Morgan fingerprint density at radius 1 is 0.515 bits per heavy atom. The molecule has 0 aliphatic carbocycles. The molecular weight excluding hydrogens is 444 g/mol. The molecule has 16 heteroatoms. The third-order valence-corrected chi connectivity index (χ3v) is 2.24. The molecule has 0 radical (unpaired) electrons. The van der Waals surface area contributed by atoms with Crippen LogP contribution in [0.15, 0.2) is 50.6 Å². The van der Waals surface area contributed by atoms with Crippen molar-refractivity contribution in [3.05, 3.63) is 58.0 Å². The van der Waals surface area contributed by atoms with Crippen LogP contribution in [0.5, 0.6) is 0 Å². The van der Waals surface area contributed by atoms with Crippen molar-refractivity contribution in [2.24, 2.45) is 23.4 Å². The number of rotatable bonds is 8. The Bertz CT molecular complexity index is 514. The van der Waals surface area contributed by atoms with Gasteiger partial charge in [-0.2, -0.15) is 0 Å². The molecule has 16 nitrogen and oxygen atoms in total. The van der Waals surface area contributed by atoms with E-state index in [0.717, 1.165) is 0 Å². The second-order valence-electron chi connectivity index (χ2n) is 4.83. The zero-order chi connectivity index (χ0) is 26.3. The van der Waals surface area contributed by atoms with Gasteiger partial charge in [0.15, 0.2) is 24.4 Å². The second-order valence-corrected chi connectivity index (χ2v) is 4.83. The van der Waals surface area contributed by atoms with Crippen LogP contribution in [0, 0.1) is 7.43 Å². The molecule has 0 bridgehead atoms. The maximum Gasteiger partial charge on any atom is 4.00 e. The molecule has 33 heavy (non-hydrogen) atoms. The van der Waals surface area contributed by atoms with E-state index in [9.17, 15) is 39.6 Å². The first-order valence-electron chi connectivity index (χ1n) is 8.09. The fourth-order valence-corrected chi connectivity index (χ4v) is 0.854. The first-order chi connectivity index (χ1) is 14.7. The molecule has 0 atom stereocenters. The number of hydrogen-bond donors (Lipinski definition) is 4. The standard InChI is InChI=1S/4C4H8N2O2.C/c4*1-2-3-6(5)4(7)8;/h4*2H,1,3,5H2,(H,7,8);/q;;;;+4/p-4. The van der Waals surface area contributed by atoms with Crippen LogP contribution in [0.1, 0.15) is 0 Å². The number of amides is 4. The topological polar surface area (TPSA) is 278 Å². The normalized spacial score (nSPS) is 7.88. The smallest absolute Gasteiger partial charge is 0.529 e. The average molecular weight is 472 g/mol. The molecule has 0 aromatic rings. The van der Waals surface area contributed by atoms with Gasteiger partial charge in [0.2, 0.25) is 0 Å². The maximum absolute atomic E-state index is 9.73. The maximum atomic E-state index is 9.73. The summed E-state index contributed by atoms with van der Waals surface area (Å²) in [7, 11) is 0. The van der Waals surface area contributed by atoms with Crippen molar-refractivity contribution >= 4 is 24.4 Å². The summed E-state index contributed by atoms with van der Waals surface area (Å²) in [6.07, 6.45) is -0.110. The van der Waals surface area contributed by atoms with E-state index >= 15 is 0 Å². The number of carboxylic acid groups (broad SMARTS) is 4. The largest absolute Gasteiger partial charge is 4.00 e. The Hall–Kier alpha value is -4.12. The van der Waals surface area contributed by atoms with Gasteiger partial charge in [-0.05, 0) is 0 Å². The van der Waals surface area contributed by atoms with Crippen LogP contribution in [0.4, 0.5) is 19.2 Å². The van der Waals surface area contributed by atoms with Crippen LogP contribution in [0.2, 0.25) is 0 Å². The minimum absolute atomic E-state index is 0. The fourth-order valence-electron chi connectivity index (χ4n) is 0.854. The van der Waals surface area contributed by atoms with E-state index in [1.54, 1.807) is 0 Å². The predicted octanol–water partition coefficient (Wildman–Crippen LogP) is -5.15. The molecule has 0 aromatic carbocycles. The minimum Gasteiger partial charge on any atom is -0.529 e. The number of carbonyl (C=O) groups is 4. The molecular formula is C17H28N8O8. The van der Waals surface area contributed by atoms with Crippen LogP contribution in [-0.4, -0.2) is 70.6 Å². The van der Waals surface area contributed by atoms with E-state index < -0.39 is 24.4 Å². The van der Waals surface area contributed by atoms with Crippen molar-refractivity contribution in [2.45, 2.75) is 0 Å². The fraction of sp³-hybridized carbons (Fsp3) is 0.235. The Balaban J connectivity index is -0.000000105. The second kappa shape index (κ2) is 25.9. The van der Waals surface area contributed by atoms with Gasteiger partial charge in [0, 0.05) is 0 Å². The average Bonchev–Trinajstić information content (AvgIpc) is 2.70. The van der Waals surface area contributed by atoms with Crippen molar-refractivity contribution in [2.75, 3.05) is 26.2 Å². The molecule has 0 spiro atoms. The summed E-state index contributed by atoms with van der Waals surface area (Å²) < 4.78 is 0. The third kappa shape index (κ3) is 32.7. The first-order valence-corrected chi connectivity index (χ1v) is 8.09. The zero-order valence-corrected chi connectivity index (χ0v) is 17.8. The van der Waals surface area contributed by atoms with E-state index in [2.05, 4.69) is 26.3 Å². The van der Waals surface area contributed by atoms with Crippen LogP contribution in [0.3, 0.4) is 0 Å². The molecule has 0 heterocycles. The molecule has 0 aliphatic heterocycles. The first kappa shape index (κ1) is 39.4. The summed E-state index contributed by atoms with van der Waals surface area (Å²) >= 11 is 0. The zero-order valence-electron chi connectivity index (χ0n) is 17.8. The van der Waals surface area contributed by atoms with Crippen LogP contribution in [0.25, 0.3) is 0 Å². The Morgan fingerprint density at radius 2 is 0.636 bits per heavy atom. The van der Waals surface area contributed by atoms with Crippen molar-refractivity contribution in [1.29, 1.82) is 0 Å². The Kier molecular flexibility index (Phi) is 30.9. The minimum atomic E-state index is -1.40. The van der Waals surface area contributed by atoms with Crippen molar-refractivity contribution in [3.63, 3.8) is 0 Å². The molecule has 0 rings (SSSR count). The number of hydrazine groups is 4. The van der Waals surface area contributed by atoms with Crippen molar-refractivity contribution in [3.8, 4) is 0 Å². The van der Waals surface area contributed by atoms with Gasteiger partial charge in [0.1, 0.15) is 0 Å². The number of hydrogen-bond acceptors (Lipinski definition) is 12. The SMILES string of the molecule is C=CCN(N)C(=O)[O-].C=CCN(N)C(=O)[O-].C=CCN(N)C(=O)[O-].C=CCN(N)C(=O)[O-].[C+4]. The molecule has 0 unspecified atom stereocenters. The monoisotopic (exact) mass is 472 g/mol. The molecule has 8 N–H and O–H groups in total. The van der Waals surface area contributed by atoms with Crippen molar-refractivity contribution < 1.29 is 39.6 Å². The third-order valence-electron chi connectivity index (χ3n) is 2.24. The summed E-state index contributed by atoms with van der Waals surface area (Å²) in [4.78, 5) is 38.9. The van der Waals surface area contributed by atoms with Gasteiger partial charge in [-0.3, -0.25) is 20.0 Å². The van der Waals surface area contributed by atoms with E-state index in [1.807, 2.05) is 0 Å². The van der Waals surface area contributed by atoms with E-state index in [1.165, 1.54) is 24.3 Å². The van der Waals surface area contributed by atoms with Gasteiger partial charge in [-0.1, -0.05) is 24.3 Å². The Morgan fingerprint density at radius 3 is 0.667 bits per heavy atom. The van der Waals surface area contributed by atoms with Gasteiger partial charge in [0.05, 0.1) is 26.2 Å². The number of nitrogens with zero attached hydrogens (tertiary/aromatic N) is 4. The molecule has 0 saturated heterocycles. The van der Waals surface area contributed by atoms with Gasteiger partial charge < -0.3 is 39.6 Å². The van der Waals surface area contributed by atoms with Gasteiger partial charge >= 0.3 is 7.43 Å². The summed E-state index contributed by atoms with van der Waals surface area (Å²) in [6, 6.07) is 0. The Labute approximate surface area is 192 Å². The summed E-state index contributed by atoms with van der Waals surface area (Å²) in [5.41, 5.74) is 0. The van der Waals surface area contributed by atoms with Gasteiger partial charge in [-0.25, -0.2) is 23.4 Å². The van der Waals surface area contributed by atoms with E-state index in [-0.39, 0.29) is 33.6 Å². The summed E-state index contributed by atoms with van der Waals surface area (Å²) in [5.74, 6) is 19.3. The van der Waals surface area contributed by atoms with Crippen LogP contribution >= 0.6 is 0 Å². The van der Waals surface area contributed by atoms with E-state index in [4.69, 9.17) is 23.4 Å². The molecule has 4 amide bonds. The van der Waals surface area contributed by atoms with Gasteiger partial charge in [0.25, 0.3) is 0 Å². The van der Waals surface area contributed by atoms with Crippen LogP contribution < -0.4 is 43.8 Å². The molecule has 184 valence electrons. The van der Waals surface area contributed by atoms with Crippen LogP contribution in [-0.2, 0) is 0 Å². The van der Waals surface area contributed by atoms with Gasteiger partial charge in [-0.15, -0.1) is 26.3 Å².